The van der Waals surface area contributed by atoms with E-state index >= 15 is 0 Å². The maximum Gasteiger partial charge on any atom is 0.274 e. The molecule has 8 heteroatoms. The Labute approximate surface area is 119 Å². The molecule has 1 amide bonds. The Kier molecular flexibility index (Phi) is 3.98. The van der Waals surface area contributed by atoms with Crippen LogP contribution >= 0.6 is 0 Å². The van der Waals surface area contributed by atoms with E-state index < -0.39 is 10.8 Å². The normalized spacial score (nSPS) is 9.95. The highest BCUT2D eigenvalue weighted by Gasteiger charge is 2.15. The fourth-order valence-electron chi connectivity index (χ4n) is 1.63. The number of carbonyl (C=O) groups excluding carboxylic acids is 1. The molecule has 0 unspecified atom stereocenters. The number of methoxy groups -OCH3 is 1. The van der Waals surface area contributed by atoms with Gasteiger partial charge >= 0.3 is 0 Å². The van der Waals surface area contributed by atoms with Crippen LogP contribution in [0.4, 0.5) is 17.1 Å². The van der Waals surface area contributed by atoms with Gasteiger partial charge in [-0.05, 0) is 18.2 Å². The van der Waals surface area contributed by atoms with E-state index in [1.807, 2.05) is 0 Å². The second-order valence-electron chi connectivity index (χ2n) is 4.07. The van der Waals surface area contributed by atoms with E-state index in [1.165, 1.54) is 43.6 Å². The van der Waals surface area contributed by atoms with E-state index in [0.29, 0.717) is 11.4 Å². The molecule has 0 fully saturated rings. The number of nitrogens with two attached hydrogens (primary N) is 1. The minimum atomic E-state index is -0.559. The van der Waals surface area contributed by atoms with Crippen molar-refractivity contribution in [2.24, 2.45) is 0 Å². The summed E-state index contributed by atoms with van der Waals surface area (Å²) >= 11 is 0. The first-order chi connectivity index (χ1) is 10.0. The predicted octanol–water partition coefficient (Wildman–Crippen LogP) is 1.83. The predicted molar refractivity (Wildman–Crippen MR) is 76.3 cm³/mol. The summed E-state index contributed by atoms with van der Waals surface area (Å²) in [6, 6.07) is 6.90. The van der Waals surface area contributed by atoms with E-state index in [0.717, 1.165) is 0 Å². The smallest absolute Gasteiger partial charge is 0.274 e. The molecule has 21 heavy (non-hydrogen) atoms. The molecule has 0 radical (unpaired) electrons. The lowest BCUT2D eigenvalue weighted by Crippen LogP contribution is -2.14. The van der Waals surface area contributed by atoms with Gasteiger partial charge in [0.05, 0.1) is 29.6 Å². The molecule has 0 atom stereocenters. The van der Waals surface area contributed by atoms with Gasteiger partial charge in [-0.1, -0.05) is 0 Å². The van der Waals surface area contributed by atoms with Crippen LogP contribution in [0.15, 0.2) is 36.5 Å². The molecule has 3 N–H and O–H groups in total. The summed E-state index contributed by atoms with van der Waals surface area (Å²) in [5.74, 6) is -0.210. The number of pyridine rings is 1. The van der Waals surface area contributed by atoms with E-state index in [9.17, 15) is 14.9 Å². The molecule has 0 saturated heterocycles. The van der Waals surface area contributed by atoms with Gasteiger partial charge in [0.25, 0.3) is 11.6 Å². The molecule has 2 aromatic rings. The Balaban J connectivity index is 2.29. The van der Waals surface area contributed by atoms with Crippen LogP contribution in [0.25, 0.3) is 0 Å². The molecular weight excluding hydrogens is 276 g/mol. The van der Waals surface area contributed by atoms with Crippen LogP contribution in [0.1, 0.15) is 10.5 Å². The number of rotatable bonds is 4. The van der Waals surface area contributed by atoms with Crippen molar-refractivity contribution in [3.63, 3.8) is 0 Å². The Hall–Kier alpha value is -3.16. The number of amides is 1. The standard InChI is InChI=1S/C13H12N4O4/c1-21-12-5-3-9(17(19)20)6-11(12)16-13(18)10-4-2-8(14)7-15-10/h2-7H,14H2,1H3,(H,16,18). The third-order valence-corrected chi connectivity index (χ3v) is 2.66. The number of non-ortho nitro benzene ring substituents is 1. The Morgan fingerprint density at radius 1 is 1.38 bits per heavy atom. The second-order valence-corrected chi connectivity index (χ2v) is 4.07. The van der Waals surface area contributed by atoms with E-state index in [2.05, 4.69) is 10.3 Å². The summed E-state index contributed by atoms with van der Waals surface area (Å²) in [6.07, 6.45) is 1.35. The highest BCUT2D eigenvalue weighted by Crippen LogP contribution is 2.29. The van der Waals surface area contributed by atoms with Crippen molar-refractivity contribution in [3.05, 3.63) is 52.3 Å². The molecule has 2 rings (SSSR count). The number of benzene rings is 1. The van der Waals surface area contributed by atoms with Crippen LogP contribution in [0.2, 0.25) is 0 Å². The molecule has 1 aromatic heterocycles. The molecule has 108 valence electrons. The number of ether oxygens (including phenoxy) is 1. The van der Waals surface area contributed by atoms with Crippen molar-refractivity contribution in [1.82, 2.24) is 4.98 Å². The lowest BCUT2D eigenvalue weighted by Gasteiger charge is -2.09. The summed E-state index contributed by atoms with van der Waals surface area (Å²) in [5.41, 5.74) is 6.09. The maximum absolute atomic E-state index is 12.0. The minimum absolute atomic E-state index is 0.137. The highest BCUT2D eigenvalue weighted by molar-refractivity contribution is 6.04. The van der Waals surface area contributed by atoms with Crippen LogP contribution in [0.5, 0.6) is 5.75 Å². The summed E-state index contributed by atoms with van der Waals surface area (Å²) < 4.78 is 5.06. The molecule has 0 aliphatic carbocycles. The zero-order chi connectivity index (χ0) is 15.4. The molecule has 0 bridgehead atoms. The average molecular weight is 288 g/mol. The molecular formula is C13H12N4O4. The van der Waals surface area contributed by atoms with Gasteiger partial charge in [0.15, 0.2) is 0 Å². The van der Waals surface area contributed by atoms with Crippen molar-refractivity contribution in [2.45, 2.75) is 0 Å². The number of anilines is 2. The van der Waals surface area contributed by atoms with Crippen LogP contribution in [-0.2, 0) is 0 Å². The van der Waals surface area contributed by atoms with Gasteiger partial charge in [-0.15, -0.1) is 0 Å². The van der Waals surface area contributed by atoms with Crippen molar-refractivity contribution < 1.29 is 14.5 Å². The van der Waals surface area contributed by atoms with Gasteiger partial charge in [0.2, 0.25) is 0 Å². The third-order valence-electron chi connectivity index (χ3n) is 2.66. The van der Waals surface area contributed by atoms with Crippen LogP contribution in [0.3, 0.4) is 0 Å². The van der Waals surface area contributed by atoms with Crippen molar-refractivity contribution >= 4 is 23.0 Å². The maximum atomic E-state index is 12.0. The van der Waals surface area contributed by atoms with Crippen molar-refractivity contribution in [1.29, 1.82) is 0 Å². The average Bonchev–Trinajstić information content (AvgIpc) is 2.47. The van der Waals surface area contributed by atoms with Gasteiger partial charge in [-0.25, -0.2) is 4.98 Å². The topological polar surface area (TPSA) is 120 Å². The van der Waals surface area contributed by atoms with Gasteiger partial charge in [-0.3, -0.25) is 14.9 Å². The summed E-state index contributed by atoms with van der Waals surface area (Å²) in [7, 11) is 1.40. The number of nitrogens with zero attached hydrogens (tertiary/aromatic N) is 2. The quantitative estimate of drug-likeness (QED) is 0.654. The fraction of sp³-hybridized carbons (Fsp3) is 0.0769. The van der Waals surface area contributed by atoms with Gasteiger partial charge < -0.3 is 15.8 Å². The van der Waals surface area contributed by atoms with Gasteiger partial charge in [0, 0.05) is 12.1 Å². The van der Waals surface area contributed by atoms with E-state index in [1.54, 1.807) is 0 Å². The van der Waals surface area contributed by atoms with Crippen molar-refractivity contribution in [3.8, 4) is 5.75 Å². The van der Waals surface area contributed by atoms with Crippen molar-refractivity contribution in [2.75, 3.05) is 18.2 Å². The fourth-order valence-corrected chi connectivity index (χ4v) is 1.63. The minimum Gasteiger partial charge on any atom is -0.495 e. The first-order valence-electron chi connectivity index (χ1n) is 5.86. The Morgan fingerprint density at radius 2 is 2.14 bits per heavy atom. The first-order valence-corrected chi connectivity index (χ1v) is 5.86. The number of carbonyl (C=O) groups is 1. The zero-order valence-corrected chi connectivity index (χ0v) is 11.1. The van der Waals surface area contributed by atoms with E-state index in [-0.39, 0.29) is 17.1 Å². The summed E-state index contributed by atoms with van der Waals surface area (Å²) in [5, 5.41) is 13.3. The molecule has 0 aliphatic rings. The highest BCUT2D eigenvalue weighted by atomic mass is 16.6. The lowest BCUT2D eigenvalue weighted by molar-refractivity contribution is -0.384. The van der Waals surface area contributed by atoms with Gasteiger partial charge in [-0.2, -0.15) is 0 Å². The van der Waals surface area contributed by atoms with Gasteiger partial charge in [0.1, 0.15) is 11.4 Å². The van der Waals surface area contributed by atoms with Crippen LogP contribution in [0, 0.1) is 10.1 Å². The number of hydrogen-bond acceptors (Lipinski definition) is 6. The zero-order valence-electron chi connectivity index (χ0n) is 11.1. The number of nitrogens with one attached hydrogen (secondary N) is 1. The Morgan fingerprint density at radius 3 is 2.71 bits per heavy atom. The van der Waals surface area contributed by atoms with Crippen LogP contribution in [-0.4, -0.2) is 22.9 Å². The molecule has 0 aliphatic heterocycles. The summed E-state index contributed by atoms with van der Waals surface area (Å²) in [4.78, 5) is 26.1. The molecule has 1 heterocycles. The van der Waals surface area contributed by atoms with E-state index in [4.69, 9.17) is 10.5 Å². The number of aromatic nitrogens is 1. The molecule has 0 spiro atoms. The Bertz CT molecular complexity index is 685. The molecule has 1 aromatic carbocycles. The first kappa shape index (κ1) is 14.3. The second kappa shape index (κ2) is 5.87. The number of nitrogen functional groups attached to an aromatic ring is 1. The number of nitro groups is 1. The largest absolute Gasteiger partial charge is 0.495 e. The monoisotopic (exact) mass is 288 g/mol. The van der Waals surface area contributed by atoms with Crippen LogP contribution < -0.4 is 15.8 Å². The lowest BCUT2D eigenvalue weighted by atomic mass is 10.2. The number of hydrogen-bond donors (Lipinski definition) is 2. The molecule has 0 saturated carbocycles. The molecule has 8 nitrogen and oxygen atoms in total. The summed E-state index contributed by atoms with van der Waals surface area (Å²) in [6.45, 7) is 0. The third kappa shape index (κ3) is 3.24. The number of nitro benzene ring substituents is 1. The SMILES string of the molecule is COc1ccc([N+](=O)[O-])cc1NC(=O)c1ccc(N)cn1.